The van der Waals surface area contributed by atoms with Gasteiger partial charge in [0.05, 0.1) is 13.2 Å². The van der Waals surface area contributed by atoms with Crippen LogP contribution in [0, 0.1) is 11.8 Å². The average Bonchev–Trinajstić information content (AvgIpc) is 3.39. The summed E-state index contributed by atoms with van der Waals surface area (Å²) in [7, 11) is 3.88. The lowest BCUT2D eigenvalue weighted by atomic mass is 9.53. The van der Waals surface area contributed by atoms with Crippen molar-refractivity contribution in [2.45, 2.75) is 88.3 Å². The number of benzene rings is 1. The molecule has 2 bridgehead atoms. The molecule has 5 N–H and O–H groups in total. The molecular weight excluding hydrogens is 588 g/mol. The normalized spacial score (nSPS) is 28.2. The van der Waals surface area contributed by atoms with Crippen LogP contribution in [0.4, 0.5) is 4.79 Å². The summed E-state index contributed by atoms with van der Waals surface area (Å²) in [4.78, 5) is 47.2. The monoisotopic (exact) mass is 636 g/mol. The van der Waals surface area contributed by atoms with Crippen molar-refractivity contribution < 1.29 is 28.6 Å². The number of carbonyl (C=O) groups excluding carboxylic acids is 3. The first kappa shape index (κ1) is 32.2. The summed E-state index contributed by atoms with van der Waals surface area (Å²) >= 11 is 0. The molecule has 1 aromatic rings. The van der Waals surface area contributed by atoms with Gasteiger partial charge in [-0.15, -0.1) is 0 Å². The maximum Gasteiger partial charge on any atom is 0.415 e. The van der Waals surface area contributed by atoms with E-state index in [1.165, 1.54) is 18.1 Å². The molecule has 1 aromatic carbocycles. The van der Waals surface area contributed by atoms with Crippen LogP contribution in [0.5, 0.6) is 11.5 Å². The lowest BCUT2D eigenvalue weighted by Crippen LogP contribution is -2.63. The van der Waals surface area contributed by atoms with Crippen LogP contribution < -0.4 is 26.3 Å². The molecule has 0 radical (unpaired) electrons. The summed E-state index contributed by atoms with van der Waals surface area (Å²) in [5.74, 6) is 1.72. The zero-order valence-electron chi connectivity index (χ0n) is 27.3. The third kappa shape index (κ3) is 5.80. The number of nitrogens with one attached hydrogen (secondary N) is 1. The van der Waals surface area contributed by atoms with Crippen molar-refractivity contribution in [1.29, 1.82) is 0 Å². The van der Waals surface area contributed by atoms with Crippen LogP contribution in [0.25, 0.3) is 0 Å². The number of likely N-dealkylation sites (tertiary alicyclic amines) is 2. The lowest BCUT2D eigenvalue weighted by molar-refractivity contribution is -0.129. The number of ketones is 1. The number of nitrogens with two attached hydrogens (primary N) is 2. The van der Waals surface area contributed by atoms with Gasteiger partial charge in [-0.2, -0.15) is 0 Å². The quantitative estimate of drug-likeness (QED) is 0.188. The molecule has 12 heteroatoms. The van der Waals surface area contributed by atoms with Gasteiger partial charge in [-0.05, 0) is 95.5 Å². The van der Waals surface area contributed by atoms with E-state index in [1.807, 2.05) is 6.07 Å². The predicted octanol–water partition coefficient (Wildman–Crippen LogP) is 2.61. The highest BCUT2D eigenvalue weighted by Gasteiger charge is 2.65. The zero-order valence-corrected chi connectivity index (χ0v) is 27.3. The molecule has 5 aliphatic rings. The minimum atomic E-state index is -0.479. The van der Waals surface area contributed by atoms with E-state index in [0.29, 0.717) is 50.2 Å². The number of carbonyl (C=O) groups is 3. The summed E-state index contributed by atoms with van der Waals surface area (Å²) in [6.07, 6.45) is 7.74. The van der Waals surface area contributed by atoms with E-state index in [1.54, 1.807) is 12.0 Å². The Morgan fingerprint density at radius 2 is 2.04 bits per heavy atom. The molecule has 2 amide bonds. The molecule has 2 aliphatic carbocycles. The minimum Gasteiger partial charge on any atom is -0.493 e. The number of rotatable bonds is 11. The highest BCUT2D eigenvalue weighted by molar-refractivity contribution is 5.85. The summed E-state index contributed by atoms with van der Waals surface area (Å²) in [5.41, 5.74) is 13.1. The molecule has 2 saturated heterocycles. The number of likely N-dealkylation sites (N-methyl/N-ethyl adjacent to an activating group) is 1. The number of amides is 2. The molecule has 6 atom stereocenters. The van der Waals surface area contributed by atoms with Gasteiger partial charge in [-0.1, -0.05) is 6.07 Å². The molecule has 2 fully saturated rings. The van der Waals surface area contributed by atoms with Crippen LogP contribution in [-0.4, -0.2) is 92.1 Å². The van der Waals surface area contributed by atoms with Gasteiger partial charge in [0.25, 0.3) is 0 Å². The SMILES string of the molecule is COc1ccc2c3c1O[C@H]1C(OC(=O)N4CCCC[C@@H]4CNC(=O)[C@H](CCCN=C(N)N)CC(C)=O)=CCC4[C@@H](C2)N(C)CC[C@@]341. The molecule has 3 heterocycles. The number of nitrogens with zero attached hydrogens (tertiary/aromatic N) is 3. The Morgan fingerprint density at radius 1 is 1.22 bits per heavy atom. The predicted molar refractivity (Wildman–Crippen MR) is 173 cm³/mol. The number of ether oxygens (including phenoxy) is 3. The Kier molecular flexibility index (Phi) is 9.18. The Balaban J connectivity index is 1.15. The summed E-state index contributed by atoms with van der Waals surface area (Å²) in [5, 5.41) is 3.03. The first-order valence-corrected chi connectivity index (χ1v) is 16.7. The van der Waals surface area contributed by atoms with Gasteiger partial charge in [-0.25, -0.2) is 4.79 Å². The highest BCUT2D eigenvalue weighted by Crippen LogP contribution is 2.63. The third-order valence-corrected chi connectivity index (χ3v) is 10.9. The molecule has 0 aromatic heterocycles. The van der Waals surface area contributed by atoms with E-state index in [4.69, 9.17) is 25.7 Å². The van der Waals surface area contributed by atoms with Crippen LogP contribution in [0.2, 0.25) is 0 Å². The van der Waals surface area contributed by atoms with Crippen molar-refractivity contribution in [2.24, 2.45) is 28.3 Å². The fourth-order valence-corrected chi connectivity index (χ4v) is 8.76. The van der Waals surface area contributed by atoms with Crippen molar-refractivity contribution in [1.82, 2.24) is 15.1 Å². The number of allylic oxidation sites excluding steroid dienone is 1. The molecule has 12 nitrogen and oxygen atoms in total. The first-order chi connectivity index (χ1) is 22.1. The Morgan fingerprint density at radius 3 is 2.80 bits per heavy atom. The van der Waals surface area contributed by atoms with E-state index < -0.39 is 18.1 Å². The van der Waals surface area contributed by atoms with Crippen molar-refractivity contribution in [3.05, 3.63) is 35.1 Å². The van der Waals surface area contributed by atoms with Crippen molar-refractivity contribution >= 4 is 23.7 Å². The highest BCUT2D eigenvalue weighted by atomic mass is 16.6. The van der Waals surface area contributed by atoms with Crippen LogP contribution in [0.15, 0.2) is 29.0 Å². The fraction of sp³-hybridized carbons (Fsp3) is 0.647. The van der Waals surface area contributed by atoms with E-state index in [-0.39, 0.29) is 35.5 Å². The van der Waals surface area contributed by atoms with E-state index in [2.05, 4.69) is 34.4 Å². The first-order valence-electron chi connectivity index (χ1n) is 16.7. The second-order valence-electron chi connectivity index (χ2n) is 13.6. The summed E-state index contributed by atoms with van der Waals surface area (Å²) in [6, 6.07) is 4.35. The van der Waals surface area contributed by atoms with E-state index >= 15 is 0 Å². The van der Waals surface area contributed by atoms with E-state index in [9.17, 15) is 14.4 Å². The molecule has 6 rings (SSSR count). The fourth-order valence-electron chi connectivity index (χ4n) is 8.76. The van der Waals surface area contributed by atoms with Crippen molar-refractivity contribution in [3.8, 4) is 11.5 Å². The van der Waals surface area contributed by atoms with Crippen molar-refractivity contribution in [3.63, 3.8) is 0 Å². The molecule has 46 heavy (non-hydrogen) atoms. The Hall–Kier alpha value is -3.80. The maximum atomic E-state index is 13.9. The Bertz CT molecular complexity index is 1420. The number of methoxy groups -OCH3 is 1. The molecular formula is C34H48N6O6. The smallest absolute Gasteiger partial charge is 0.415 e. The van der Waals surface area contributed by atoms with Gasteiger partial charge in [0.15, 0.2) is 23.6 Å². The van der Waals surface area contributed by atoms with Crippen LogP contribution in [-0.2, 0) is 26.2 Å². The summed E-state index contributed by atoms with van der Waals surface area (Å²) < 4.78 is 18.8. The standard InChI is InChI=1S/C34H48N6O6/c1-20(41)17-22(7-6-14-37-32(35)36)31(42)38-19-23-8-4-5-15-40(23)33(43)45-27-12-10-24-25-18-21-9-11-26(44-3)29-28(21)34(24,30(27)46-29)13-16-39(25)2/h9,11-12,22-25,30H,4-8,10,13-19H2,1-3H3,(H,38,42)(H4,35,36,37)/t22-,23-,24?,25-,30+,34+/m1/s1. The van der Waals surface area contributed by atoms with Crippen LogP contribution in [0.1, 0.15) is 69.4 Å². The minimum absolute atomic E-state index is 0.00286. The topological polar surface area (TPSA) is 162 Å². The Labute approximate surface area is 270 Å². The average molecular weight is 637 g/mol. The van der Waals surface area contributed by atoms with Gasteiger partial charge >= 0.3 is 6.09 Å². The number of hydrogen-bond donors (Lipinski definition) is 3. The molecule has 3 aliphatic heterocycles. The maximum absolute atomic E-state index is 13.9. The molecule has 1 unspecified atom stereocenters. The van der Waals surface area contributed by atoms with Gasteiger partial charge in [-0.3, -0.25) is 9.79 Å². The number of piperidine rings is 2. The zero-order chi connectivity index (χ0) is 32.6. The van der Waals surface area contributed by atoms with Crippen LogP contribution in [0.3, 0.4) is 0 Å². The second kappa shape index (κ2) is 13.1. The number of guanidine groups is 1. The van der Waals surface area contributed by atoms with Crippen LogP contribution >= 0.6 is 0 Å². The largest absolute Gasteiger partial charge is 0.493 e. The number of hydrogen-bond acceptors (Lipinski definition) is 8. The van der Waals surface area contributed by atoms with Gasteiger partial charge < -0.3 is 45.6 Å². The van der Waals surface area contributed by atoms with Gasteiger partial charge in [0.2, 0.25) is 5.91 Å². The van der Waals surface area contributed by atoms with Gasteiger partial charge in [0.1, 0.15) is 11.5 Å². The molecule has 250 valence electrons. The third-order valence-electron chi connectivity index (χ3n) is 10.9. The van der Waals surface area contributed by atoms with Gasteiger partial charge in [0, 0.05) is 49.0 Å². The molecule has 0 saturated carbocycles. The lowest BCUT2D eigenvalue weighted by Gasteiger charge is -2.56. The van der Waals surface area contributed by atoms with E-state index in [0.717, 1.165) is 56.6 Å². The van der Waals surface area contributed by atoms with Crippen molar-refractivity contribution in [2.75, 3.05) is 40.3 Å². The second-order valence-corrected chi connectivity index (χ2v) is 13.6. The summed E-state index contributed by atoms with van der Waals surface area (Å²) in [6.45, 7) is 3.67. The number of Topliss-reactive ketones (excluding diaryl/α,β-unsaturated/α-hetero) is 1. The molecule has 1 spiro atoms. The number of aliphatic imine (C=N–C) groups is 1.